The molecule has 0 aromatic rings. The van der Waals surface area contributed by atoms with E-state index in [-0.39, 0.29) is 25.9 Å². The topological polar surface area (TPSA) is 244 Å². The Bertz CT molecular complexity index is 1440. The van der Waals surface area contributed by atoms with E-state index in [1.54, 1.807) is 41.5 Å². The highest BCUT2D eigenvalue weighted by atomic mass is 32.2. The maximum absolute atomic E-state index is 13.0. The number of alkyl carbamates (subject to hydrolysis) is 2. The Morgan fingerprint density at radius 1 is 0.444 bits per heavy atom. The number of hydrogen-bond donors (Lipinski definition) is 2. The van der Waals surface area contributed by atoms with Crippen molar-refractivity contribution in [2.45, 2.75) is 65.6 Å². The molecule has 0 bridgehead atoms. The van der Waals surface area contributed by atoms with Gasteiger partial charge in [-0.1, -0.05) is 26.3 Å². The second-order valence-electron chi connectivity index (χ2n) is 15.6. The highest BCUT2D eigenvalue weighted by molar-refractivity contribution is 7.99. The van der Waals surface area contributed by atoms with Crippen LogP contribution in [0.25, 0.3) is 0 Å². The molecule has 0 rings (SSSR count). The first-order valence-corrected chi connectivity index (χ1v) is 22.0. The number of rotatable bonds is 32. The van der Waals surface area contributed by atoms with E-state index in [9.17, 15) is 38.4 Å². The Kier molecular flexibility index (Phi) is 28.5. The van der Waals surface area contributed by atoms with Gasteiger partial charge in [0, 0.05) is 60.4 Å². The van der Waals surface area contributed by atoms with Crippen LogP contribution in [0.5, 0.6) is 0 Å². The zero-order valence-electron chi connectivity index (χ0n) is 37.2. The van der Waals surface area contributed by atoms with Crippen LogP contribution in [0.4, 0.5) is 9.59 Å². The summed E-state index contributed by atoms with van der Waals surface area (Å²) in [5, 5.41) is 5.25. The molecule has 356 valence electrons. The molecule has 0 aromatic heterocycles. The number of ether oxygens (including phenoxy) is 9. The Morgan fingerprint density at radius 2 is 0.730 bits per heavy atom. The molecule has 0 fully saturated rings. The van der Waals surface area contributed by atoms with Crippen LogP contribution < -0.4 is 10.6 Å². The fourth-order valence-corrected chi connectivity index (χ4v) is 5.85. The average Bonchev–Trinajstić information content (AvgIpc) is 3.21. The molecule has 0 aliphatic rings. The number of thioether (sulfide) groups is 2. The lowest BCUT2D eigenvalue weighted by atomic mass is 9.90. The van der Waals surface area contributed by atoms with Gasteiger partial charge in [0.25, 0.3) is 0 Å². The Hall–Kier alpha value is -5.02. The highest BCUT2D eigenvalue weighted by Crippen LogP contribution is 2.26. The van der Waals surface area contributed by atoms with Crippen LogP contribution in [0.1, 0.15) is 54.4 Å². The predicted octanol–water partition coefficient (Wildman–Crippen LogP) is 4.28. The molecule has 0 saturated heterocycles. The quantitative estimate of drug-likeness (QED) is 0.0414. The summed E-state index contributed by atoms with van der Waals surface area (Å²) in [7, 11) is 0. The SMILES string of the molecule is C=CC(=O)OCC(COCC(COC(=O)C=C)(COC(=O)CCSCCNC(=O)OC(C)(C)C)COC(=O)CCSCCNC(=O)OC(C)(C)C)(COC(=O)C=C)COC(=O)C=C. The third-order valence-corrected chi connectivity index (χ3v) is 9.35. The third-order valence-electron chi connectivity index (χ3n) is 7.37. The molecular weight excluding hydrogens is 869 g/mol. The number of carbonyl (C=O) groups excluding carboxylic acids is 8. The van der Waals surface area contributed by atoms with Crippen LogP contribution in [-0.2, 0) is 71.4 Å². The molecule has 0 unspecified atom stereocenters. The Balaban J connectivity index is 6.22. The van der Waals surface area contributed by atoms with E-state index >= 15 is 0 Å². The summed E-state index contributed by atoms with van der Waals surface area (Å²) < 4.78 is 48.9. The summed E-state index contributed by atoms with van der Waals surface area (Å²) in [5.41, 5.74) is -4.44. The summed E-state index contributed by atoms with van der Waals surface area (Å²) in [6, 6.07) is 0. The zero-order valence-corrected chi connectivity index (χ0v) is 38.8. The van der Waals surface area contributed by atoms with Gasteiger partial charge < -0.3 is 53.3 Å². The summed E-state index contributed by atoms with van der Waals surface area (Å²) in [5.74, 6) is -3.22. The monoisotopic (exact) mass is 932 g/mol. The Labute approximate surface area is 378 Å². The van der Waals surface area contributed by atoms with Crippen molar-refractivity contribution >= 4 is 71.5 Å². The normalized spacial score (nSPS) is 11.4. The first-order chi connectivity index (χ1) is 29.5. The first-order valence-electron chi connectivity index (χ1n) is 19.7. The molecule has 0 radical (unpaired) electrons. The largest absolute Gasteiger partial charge is 0.465 e. The van der Waals surface area contributed by atoms with Gasteiger partial charge in [0.1, 0.15) is 50.8 Å². The van der Waals surface area contributed by atoms with E-state index in [2.05, 4.69) is 36.9 Å². The smallest absolute Gasteiger partial charge is 0.407 e. The lowest BCUT2D eigenvalue weighted by Gasteiger charge is -2.35. The van der Waals surface area contributed by atoms with Gasteiger partial charge in [-0.05, 0) is 41.5 Å². The van der Waals surface area contributed by atoms with Gasteiger partial charge in [0.05, 0.1) is 36.9 Å². The van der Waals surface area contributed by atoms with Crippen molar-refractivity contribution in [3.63, 3.8) is 0 Å². The number of nitrogens with one attached hydrogen (secondary N) is 2. The summed E-state index contributed by atoms with van der Waals surface area (Å²) in [4.78, 5) is 98.5. The fourth-order valence-electron chi connectivity index (χ4n) is 4.32. The molecule has 0 aromatic carbocycles. The van der Waals surface area contributed by atoms with E-state index in [1.807, 2.05) is 0 Å². The van der Waals surface area contributed by atoms with Crippen molar-refractivity contribution in [1.29, 1.82) is 0 Å². The molecular formula is C42H64N2O17S2. The van der Waals surface area contributed by atoms with Crippen LogP contribution >= 0.6 is 23.5 Å². The molecule has 0 atom stereocenters. The van der Waals surface area contributed by atoms with E-state index in [0.717, 1.165) is 24.3 Å². The highest BCUT2D eigenvalue weighted by Gasteiger charge is 2.40. The fraction of sp³-hybridized carbons (Fsp3) is 0.619. The lowest BCUT2D eigenvalue weighted by molar-refractivity contribution is -0.171. The maximum atomic E-state index is 13.0. The second kappa shape index (κ2) is 30.9. The molecule has 19 nitrogen and oxygen atoms in total. The van der Waals surface area contributed by atoms with E-state index < -0.39 is 123 Å². The van der Waals surface area contributed by atoms with Gasteiger partial charge in [-0.25, -0.2) is 28.8 Å². The van der Waals surface area contributed by atoms with Crippen molar-refractivity contribution in [3.05, 3.63) is 50.6 Å². The van der Waals surface area contributed by atoms with Crippen molar-refractivity contribution in [2.75, 3.05) is 89.0 Å². The van der Waals surface area contributed by atoms with E-state index in [4.69, 9.17) is 42.6 Å². The minimum absolute atomic E-state index is 0.0680. The third kappa shape index (κ3) is 30.6. The molecule has 21 heteroatoms. The molecule has 63 heavy (non-hydrogen) atoms. The molecule has 0 heterocycles. The average molecular weight is 933 g/mol. The number of esters is 6. The molecule has 2 amide bonds. The summed E-state index contributed by atoms with van der Waals surface area (Å²) in [6.45, 7) is 20.5. The summed E-state index contributed by atoms with van der Waals surface area (Å²) in [6.07, 6.45) is 2.27. The van der Waals surface area contributed by atoms with Crippen molar-refractivity contribution in [2.24, 2.45) is 10.8 Å². The zero-order chi connectivity index (χ0) is 48.0. The number of carbonyl (C=O) groups is 8. The number of hydrogen-bond acceptors (Lipinski definition) is 19. The van der Waals surface area contributed by atoms with Crippen LogP contribution in [0.3, 0.4) is 0 Å². The van der Waals surface area contributed by atoms with Crippen LogP contribution in [0, 0.1) is 10.8 Å². The first kappa shape index (κ1) is 58.0. The van der Waals surface area contributed by atoms with Gasteiger partial charge in [-0.15, -0.1) is 0 Å². The maximum Gasteiger partial charge on any atom is 0.407 e. The molecule has 0 spiro atoms. The summed E-state index contributed by atoms with van der Waals surface area (Å²) >= 11 is 2.73. The lowest BCUT2D eigenvalue weighted by Crippen LogP contribution is -2.47. The standard InChI is InChI=1S/C42H64N2O17S2/c1-11-31(45)54-25-41(26-55-32(46)12-2,27-56-33(47)13-3)23-53-24-42(28-57-34(48)14-4,29-58-35(49)15-19-62-21-17-43-37(51)60-39(5,6)7)30-59-36(50)16-20-63-22-18-44-38(52)61-40(8,9)10/h11-14H,1-4,15-30H2,5-10H3,(H,43,51)(H,44,52). The van der Waals surface area contributed by atoms with E-state index in [1.165, 1.54) is 23.5 Å². The van der Waals surface area contributed by atoms with Gasteiger partial charge in [-0.3, -0.25) is 9.59 Å². The van der Waals surface area contributed by atoms with Gasteiger partial charge in [0.15, 0.2) is 0 Å². The minimum Gasteiger partial charge on any atom is -0.465 e. The van der Waals surface area contributed by atoms with Crippen LogP contribution in [0.15, 0.2) is 50.6 Å². The molecule has 2 N–H and O–H groups in total. The van der Waals surface area contributed by atoms with Crippen LogP contribution in [-0.4, -0.2) is 148 Å². The molecule has 0 saturated carbocycles. The number of amides is 2. The van der Waals surface area contributed by atoms with Gasteiger partial charge in [0.2, 0.25) is 0 Å². The van der Waals surface area contributed by atoms with Gasteiger partial charge >= 0.3 is 48.0 Å². The van der Waals surface area contributed by atoms with E-state index in [0.29, 0.717) is 23.0 Å². The van der Waals surface area contributed by atoms with Crippen molar-refractivity contribution in [1.82, 2.24) is 10.6 Å². The molecule has 0 aliphatic heterocycles. The second-order valence-corrected chi connectivity index (χ2v) is 18.1. The van der Waals surface area contributed by atoms with Crippen molar-refractivity contribution < 1.29 is 81.0 Å². The molecule has 0 aliphatic carbocycles. The minimum atomic E-state index is -1.57. The van der Waals surface area contributed by atoms with Gasteiger partial charge in [-0.2, -0.15) is 23.5 Å². The van der Waals surface area contributed by atoms with Crippen molar-refractivity contribution in [3.8, 4) is 0 Å². The predicted molar refractivity (Wildman–Crippen MR) is 235 cm³/mol. The van der Waals surface area contributed by atoms with Crippen LogP contribution in [0.2, 0.25) is 0 Å². The Morgan fingerprint density at radius 3 is 1.00 bits per heavy atom.